The first kappa shape index (κ1) is 17.9. The zero-order valence-electron chi connectivity index (χ0n) is 12.0. The molecular formula is C12H20N2O6. The molecular weight excluding hydrogens is 268 g/mol. The van der Waals surface area contributed by atoms with E-state index in [4.69, 9.17) is 0 Å². The minimum Gasteiger partial charge on any atom is -0.453 e. The molecule has 0 aromatic heterocycles. The average molecular weight is 288 g/mol. The van der Waals surface area contributed by atoms with E-state index in [2.05, 4.69) is 20.1 Å². The predicted molar refractivity (Wildman–Crippen MR) is 68.5 cm³/mol. The van der Waals surface area contributed by atoms with E-state index in [1.54, 1.807) is 0 Å². The van der Waals surface area contributed by atoms with Crippen molar-refractivity contribution >= 4 is 23.8 Å². The van der Waals surface area contributed by atoms with E-state index in [0.717, 1.165) is 0 Å². The first-order valence-electron chi connectivity index (χ1n) is 6.14. The Balaban J connectivity index is 3.85. The second-order valence-electron chi connectivity index (χ2n) is 4.09. The van der Waals surface area contributed by atoms with E-state index in [1.165, 1.54) is 27.7 Å². The van der Waals surface area contributed by atoms with E-state index in [9.17, 15) is 19.2 Å². The molecule has 2 unspecified atom stereocenters. The summed E-state index contributed by atoms with van der Waals surface area (Å²) in [4.78, 5) is 44.1. The molecule has 0 radical (unpaired) electrons. The lowest BCUT2D eigenvalue weighted by Crippen LogP contribution is -2.42. The Morgan fingerprint density at radius 2 is 1.10 bits per heavy atom. The highest BCUT2D eigenvalue weighted by atomic mass is 16.5. The van der Waals surface area contributed by atoms with E-state index >= 15 is 0 Å². The maximum atomic E-state index is 11.4. The summed E-state index contributed by atoms with van der Waals surface area (Å²) < 4.78 is 9.35. The summed E-state index contributed by atoms with van der Waals surface area (Å²) in [5.74, 6) is -2.00. The van der Waals surface area contributed by atoms with Crippen LogP contribution < -0.4 is 10.6 Å². The van der Waals surface area contributed by atoms with Gasteiger partial charge in [-0.2, -0.15) is 0 Å². The van der Waals surface area contributed by atoms with Crippen LogP contribution in [0, 0.1) is 0 Å². The molecule has 2 amide bonds. The average Bonchev–Trinajstić information content (AvgIpc) is 2.32. The zero-order chi connectivity index (χ0) is 15.7. The number of ether oxygens (including phenoxy) is 2. The molecule has 0 spiro atoms. The van der Waals surface area contributed by atoms with Gasteiger partial charge in [0.25, 0.3) is 11.8 Å². The van der Waals surface area contributed by atoms with Gasteiger partial charge in [-0.15, -0.1) is 0 Å². The second kappa shape index (κ2) is 8.89. The van der Waals surface area contributed by atoms with Gasteiger partial charge in [0.05, 0.1) is 0 Å². The first-order chi connectivity index (χ1) is 9.23. The smallest absolute Gasteiger partial charge is 0.303 e. The largest absolute Gasteiger partial charge is 0.453 e. The van der Waals surface area contributed by atoms with Gasteiger partial charge in [-0.1, -0.05) is 0 Å². The van der Waals surface area contributed by atoms with Gasteiger partial charge in [-0.25, -0.2) is 0 Å². The first-order valence-corrected chi connectivity index (χ1v) is 6.14. The fourth-order valence-corrected chi connectivity index (χ4v) is 1.26. The summed E-state index contributed by atoms with van der Waals surface area (Å²) in [7, 11) is 0. The molecule has 8 nitrogen and oxygen atoms in total. The fraction of sp³-hybridized carbons (Fsp3) is 0.667. The Labute approximate surface area is 117 Å². The van der Waals surface area contributed by atoms with Gasteiger partial charge in [0.1, 0.15) is 0 Å². The summed E-state index contributed by atoms with van der Waals surface area (Å²) in [6.07, 6.45) is -1.77. The predicted octanol–water partition coefficient (Wildman–Crippen LogP) is -0.878. The van der Waals surface area contributed by atoms with Crippen molar-refractivity contribution in [1.29, 1.82) is 0 Å². The summed E-state index contributed by atoms with van der Waals surface area (Å²) in [5, 5.41) is 4.97. The normalized spacial score (nSPS) is 12.8. The third kappa shape index (κ3) is 8.06. The quantitative estimate of drug-likeness (QED) is 0.465. The third-order valence-electron chi connectivity index (χ3n) is 2.15. The number of nitrogens with one attached hydrogen (secondary N) is 2. The number of hydrogen-bond acceptors (Lipinski definition) is 6. The van der Waals surface area contributed by atoms with Crippen molar-refractivity contribution in [2.75, 3.05) is 13.1 Å². The van der Waals surface area contributed by atoms with Gasteiger partial charge in [0, 0.05) is 26.9 Å². The molecule has 0 rings (SSSR count). The van der Waals surface area contributed by atoms with Crippen molar-refractivity contribution in [3.8, 4) is 0 Å². The molecule has 0 aromatic carbocycles. The van der Waals surface area contributed by atoms with E-state index < -0.39 is 36.0 Å². The van der Waals surface area contributed by atoms with E-state index in [1.807, 2.05) is 0 Å². The number of amides is 2. The monoisotopic (exact) mass is 288 g/mol. The summed E-state index contributed by atoms with van der Waals surface area (Å²) in [6.45, 7) is 5.64. The van der Waals surface area contributed by atoms with Crippen LogP contribution in [0.2, 0.25) is 0 Å². The summed E-state index contributed by atoms with van der Waals surface area (Å²) >= 11 is 0. The van der Waals surface area contributed by atoms with Gasteiger partial charge in [-0.05, 0) is 13.8 Å². The number of hydrogen-bond donors (Lipinski definition) is 2. The van der Waals surface area contributed by atoms with E-state index in [-0.39, 0.29) is 13.1 Å². The Hall–Kier alpha value is -2.12. The molecule has 0 saturated carbocycles. The highest BCUT2D eigenvalue weighted by molar-refractivity contribution is 5.84. The van der Waals surface area contributed by atoms with Gasteiger partial charge < -0.3 is 20.1 Å². The molecule has 2 N–H and O–H groups in total. The van der Waals surface area contributed by atoms with Crippen LogP contribution in [-0.4, -0.2) is 49.1 Å². The molecule has 20 heavy (non-hydrogen) atoms. The Morgan fingerprint density at radius 1 is 0.800 bits per heavy atom. The maximum Gasteiger partial charge on any atom is 0.303 e. The SMILES string of the molecule is CC(=O)OC(C)C(=O)NCCNC(=O)C(C)OC(C)=O. The van der Waals surface area contributed by atoms with Crippen molar-refractivity contribution in [2.45, 2.75) is 39.9 Å². The number of carbonyl (C=O) groups excluding carboxylic acids is 4. The van der Waals surface area contributed by atoms with E-state index in [0.29, 0.717) is 0 Å². The standard InChI is InChI=1S/C12H20N2O6/c1-7(19-9(3)15)11(17)13-5-6-14-12(18)8(2)20-10(4)16/h7-8H,5-6H2,1-4H3,(H,13,17)(H,14,18). The summed E-state index contributed by atoms with van der Waals surface area (Å²) in [6, 6.07) is 0. The minimum atomic E-state index is -0.886. The van der Waals surface area contributed by atoms with Crippen molar-refractivity contribution in [3.63, 3.8) is 0 Å². The zero-order valence-corrected chi connectivity index (χ0v) is 12.0. The highest BCUT2D eigenvalue weighted by Crippen LogP contribution is 1.92. The molecule has 0 aliphatic carbocycles. The van der Waals surface area contributed by atoms with Crippen LogP contribution in [0.4, 0.5) is 0 Å². The number of rotatable bonds is 7. The molecule has 8 heteroatoms. The van der Waals surface area contributed by atoms with Crippen molar-refractivity contribution in [2.24, 2.45) is 0 Å². The van der Waals surface area contributed by atoms with Gasteiger partial charge >= 0.3 is 11.9 Å². The minimum absolute atomic E-state index is 0.170. The lowest BCUT2D eigenvalue weighted by atomic mass is 10.3. The number of carbonyl (C=O) groups is 4. The molecule has 0 fully saturated rings. The van der Waals surface area contributed by atoms with Gasteiger partial charge in [-0.3, -0.25) is 19.2 Å². The van der Waals surface area contributed by atoms with Gasteiger partial charge in [0.15, 0.2) is 12.2 Å². The van der Waals surface area contributed by atoms with Crippen LogP contribution in [0.25, 0.3) is 0 Å². The lowest BCUT2D eigenvalue weighted by Gasteiger charge is -2.14. The molecule has 0 bridgehead atoms. The number of esters is 2. The molecule has 0 aromatic rings. The van der Waals surface area contributed by atoms with Crippen molar-refractivity contribution in [1.82, 2.24) is 10.6 Å². The molecule has 0 aliphatic heterocycles. The Kier molecular flexibility index (Phi) is 7.95. The highest BCUT2D eigenvalue weighted by Gasteiger charge is 2.16. The molecule has 2 atom stereocenters. The van der Waals surface area contributed by atoms with Crippen LogP contribution in [0.3, 0.4) is 0 Å². The molecule has 114 valence electrons. The third-order valence-corrected chi connectivity index (χ3v) is 2.15. The molecule has 0 aliphatic rings. The lowest BCUT2D eigenvalue weighted by molar-refractivity contribution is -0.153. The van der Waals surface area contributed by atoms with Crippen LogP contribution >= 0.6 is 0 Å². The van der Waals surface area contributed by atoms with Crippen molar-refractivity contribution in [3.05, 3.63) is 0 Å². The maximum absolute atomic E-state index is 11.4. The van der Waals surface area contributed by atoms with Gasteiger partial charge in [0.2, 0.25) is 0 Å². The molecule has 0 saturated heterocycles. The molecule has 0 heterocycles. The van der Waals surface area contributed by atoms with Crippen LogP contribution in [0.15, 0.2) is 0 Å². The summed E-state index contributed by atoms with van der Waals surface area (Å²) in [5.41, 5.74) is 0. The van der Waals surface area contributed by atoms with Crippen LogP contribution in [0.1, 0.15) is 27.7 Å². The Morgan fingerprint density at radius 3 is 1.35 bits per heavy atom. The topological polar surface area (TPSA) is 111 Å². The second-order valence-corrected chi connectivity index (χ2v) is 4.09. The van der Waals surface area contributed by atoms with Crippen LogP contribution in [0.5, 0.6) is 0 Å². The van der Waals surface area contributed by atoms with Crippen molar-refractivity contribution < 1.29 is 28.7 Å². The Bertz CT molecular complexity index is 346. The van der Waals surface area contributed by atoms with Crippen LogP contribution in [-0.2, 0) is 28.7 Å². The fourth-order valence-electron chi connectivity index (χ4n) is 1.26.